The van der Waals surface area contributed by atoms with E-state index in [1.165, 1.54) is 11.8 Å². The van der Waals surface area contributed by atoms with Crippen molar-refractivity contribution in [1.29, 1.82) is 0 Å². The number of pyridine rings is 1. The molecule has 28 heavy (non-hydrogen) atoms. The molecule has 1 spiro atoms. The van der Waals surface area contributed by atoms with Gasteiger partial charge in [0.15, 0.2) is 0 Å². The van der Waals surface area contributed by atoms with Crippen LogP contribution in [-0.4, -0.2) is 83.6 Å². The average Bonchev–Trinajstić information content (AvgIpc) is 2.74. The van der Waals surface area contributed by atoms with Gasteiger partial charge >= 0.3 is 0 Å². The van der Waals surface area contributed by atoms with Gasteiger partial charge in [0.25, 0.3) is 5.91 Å². The molecule has 1 atom stereocenters. The second-order valence-electron chi connectivity index (χ2n) is 8.48. The minimum atomic E-state index is -0.264. The SMILES string of the molecule is CSc1ncccc1C(=O)N1CCC2(CC1)CC(O)CN(C1CCOCC1)C2. The highest BCUT2D eigenvalue weighted by Crippen LogP contribution is 2.41. The van der Waals surface area contributed by atoms with E-state index in [4.69, 9.17) is 4.74 Å². The molecule has 0 radical (unpaired) electrons. The lowest BCUT2D eigenvalue weighted by Crippen LogP contribution is -2.57. The van der Waals surface area contributed by atoms with E-state index >= 15 is 0 Å². The van der Waals surface area contributed by atoms with Crippen LogP contribution >= 0.6 is 11.8 Å². The number of hydrogen-bond donors (Lipinski definition) is 1. The summed E-state index contributed by atoms with van der Waals surface area (Å²) in [6, 6.07) is 4.24. The first-order valence-corrected chi connectivity index (χ1v) is 11.6. The minimum absolute atomic E-state index is 0.0879. The van der Waals surface area contributed by atoms with E-state index in [2.05, 4.69) is 9.88 Å². The van der Waals surface area contributed by atoms with Gasteiger partial charge in [0.1, 0.15) is 5.03 Å². The molecule has 3 aliphatic heterocycles. The first kappa shape index (κ1) is 20.1. The van der Waals surface area contributed by atoms with Crippen LogP contribution in [0.1, 0.15) is 42.5 Å². The van der Waals surface area contributed by atoms with Crippen molar-refractivity contribution in [3.63, 3.8) is 0 Å². The summed E-state index contributed by atoms with van der Waals surface area (Å²) in [5.41, 5.74) is 0.836. The normalized spacial score (nSPS) is 26.5. The fourth-order valence-corrected chi connectivity index (χ4v) is 5.70. The summed E-state index contributed by atoms with van der Waals surface area (Å²) in [6.45, 7) is 5.00. The van der Waals surface area contributed by atoms with E-state index in [0.717, 1.165) is 76.5 Å². The van der Waals surface area contributed by atoms with Gasteiger partial charge in [-0.3, -0.25) is 9.69 Å². The van der Waals surface area contributed by atoms with Gasteiger partial charge < -0.3 is 14.7 Å². The molecule has 0 saturated carbocycles. The van der Waals surface area contributed by atoms with Crippen molar-refractivity contribution in [3.05, 3.63) is 23.9 Å². The molecule has 4 heterocycles. The number of carbonyl (C=O) groups excluding carboxylic acids is 1. The van der Waals surface area contributed by atoms with Crippen molar-refractivity contribution in [2.75, 3.05) is 45.6 Å². The summed E-state index contributed by atoms with van der Waals surface area (Å²) in [5, 5.41) is 11.4. The Labute approximate surface area is 171 Å². The Kier molecular flexibility index (Phi) is 6.25. The second kappa shape index (κ2) is 8.69. The van der Waals surface area contributed by atoms with Gasteiger partial charge in [-0.05, 0) is 55.9 Å². The summed E-state index contributed by atoms with van der Waals surface area (Å²) in [4.78, 5) is 21.8. The zero-order valence-corrected chi connectivity index (χ0v) is 17.5. The molecule has 6 nitrogen and oxygen atoms in total. The topological polar surface area (TPSA) is 65.9 Å². The minimum Gasteiger partial charge on any atom is -0.392 e. The van der Waals surface area contributed by atoms with Crippen LogP contribution in [0.3, 0.4) is 0 Å². The molecular weight excluding hydrogens is 374 g/mol. The number of ether oxygens (including phenoxy) is 1. The molecule has 1 amide bonds. The van der Waals surface area contributed by atoms with Crippen LogP contribution in [0.2, 0.25) is 0 Å². The van der Waals surface area contributed by atoms with Gasteiger partial charge in [-0.15, -0.1) is 11.8 Å². The zero-order valence-electron chi connectivity index (χ0n) is 16.7. The van der Waals surface area contributed by atoms with Crippen LogP contribution in [0, 0.1) is 5.41 Å². The number of thioether (sulfide) groups is 1. The van der Waals surface area contributed by atoms with Gasteiger partial charge in [-0.25, -0.2) is 4.98 Å². The monoisotopic (exact) mass is 405 g/mol. The standard InChI is InChI=1S/C21H31N3O3S/c1-28-19-18(3-2-8-22-19)20(26)23-9-6-21(7-10-23)13-17(25)14-24(15-21)16-4-11-27-12-5-16/h2-3,8,16-17,25H,4-7,9-15H2,1H3. The number of carbonyl (C=O) groups is 1. The highest BCUT2D eigenvalue weighted by Gasteiger charge is 2.44. The van der Waals surface area contributed by atoms with Crippen molar-refractivity contribution in [1.82, 2.24) is 14.8 Å². The third-order valence-corrected chi connectivity index (χ3v) is 7.38. The van der Waals surface area contributed by atoms with Gasteiger partial charge in [0.2, 0.25) is 0 Å². The number of aromatic nitrogens is 1. The Morgan fingerprint density at radius 1 is 1.32 bits per heavy atom. The maximum Gasteiger partial charge on any atom is 0.256 e. The number of nitrogens with zero attached hydrogens (tertiary/aromatic N) is 3. The van der Waals surface area contributed by atoms with Gasteiger partial charge in [0, 0.05) is 51.6 Å². The summed E-state index contributed by atoms with van der Waals surface area (Å²) in [6.07, 6.45) is 8.34. The van der Waals surface area contributed by atoms with Crippen molar-refractivity contribution in [2.24, 2.45) is 5.41 Å². The fourth-order valence-electron chi connectivity index (χ4n) is 5.16. The third kappa shape index (κ3) is 4.22. The summed E-state index contributed by atoms with van der Waals surface area (Å²) >= 11 is 1.52. The van der Waals surface area contributed by atoms with Crippen LogP contribution in [0.15, 0.2) is 23.4 Å². The number of aliphatic hydroxyl groups excluding tert-OH is 1. The molecule has 1 unspecified atom stereocenters. The summed E-state index contributed by atoms with van der Waals surface area (Å²) < 4.78 is 5.52. The van der Waals surface area contributed by atoms with E-state index in [0.29, 0.717) is 11.6 Å². The number of amides is 1. The first-order chi connectivity index (χ1) is 13.6. The lowest BCUT2D eigenvalue weighted by Gasteiger charge is -2.51. The van der Waals surface area contributed by atoms with Gasteiger partial charge in [-0.2, -0.15) is 0 Å². The Morgan fingerprint density at radius 3 is 2.79 bits per heavy atom. The molecule has 3 saturated heterocycles. The smallest absolute Gasteiger partial charge is 0.256 e. The van der Waals surface area contributed by atoms with Crippen molar-refractivity contribution in [3.8, 4) is 0 Å². The molecule has 4 rings (SSSR count). The second-order valence-corrected chi connectivity index (χ2v) is 9.28. The van der Waals surface area contributed by atoms with Crippen molar-refractivity contribution >= 4 is 17.7 Å². The number of β-amino-alcohol motifs (C(OH)–C–C–N with tert-alkyl or cyclic N) is 1. The molecule has 0 aromatic carbocycles. The molecule has 0 bridgehead atoms. The Balaban J connectivity index is 1.41. The Morgan fingerprint density at radius 2 is 2.07 bits per heavy atom. The molecule has 1 aromatic heterocycles. The van der Waals surface area contributed by atoms with E-state index in [-0.39, 0.29) is 17.4 Å². The predicted octanol–water partition coefficient (Wildman–Crippen LogP) is 2.27. The average molecular weight is 406 g/mol. The fraction of sp³-hybridized carbons (Fsp3) is 0.714. The maximum absolute atomic E-state index is 13.0. The lowest BCUT2D eigenvalue weighted by atomic mass is 9.71. The molecule has 7 heteroatoms. The molecular formula is C21H31N3O3S. The maximum atomic E-state index is 13.0. The summed E-state index contributed by atoms with van der Waals surface area (Å²) in [5.74, 6) is 0.0879. The highest BCUT2D eigenvalue weighted by molar-refractivity contribution is 7.98. The lowest BCUT2D eigenvalue weighted by molar-refractivity contribution is -0.0695. The Hall–Kier alpha value is -1.15. The van der Waals surface area contributed by atoms with Crippen LogP contribution < -0.4 is 0 Å². The molecule has 0 aliphatic carbocycles. The molecule has 1 aromatic rings. The van der Waals surface area contributed by atoms with Crippen LogP contribution in [0.4, 0.5) is 0 Å². The summed E-state index contributed by atoms with van der Waals surface area (Å²) in [7, 11) is 0. The van der Waals surface area contributed by atoms with E-state index in [9.17, 15) is 9.90 Å². The quantitative estimate of drug-likeness (QED) is 0.779. The number of hydrogen-bond acceptors (Lipinski definition) is 6. The molecule has 154 valence electrons. The number of rotatable bonds is 3. The zero-order chi connectivity index (χ0) is 19.6. The largest absolute Gasteiger partial charge is 0.392 e. The number of piperidine rings is 2. The van der Waals surface area contributed by atoms with E-state index in [1.54, 1.807) is 6.20 Å². The Bertz CT molecular complexity index is 687. The number of aliphatic hydroxyl groups is 1. The van der Waals surface area contributed by atoms with Crippen LogP contribution in [0.5, 0.6) is 0 Å². The van der Waals surface area contributed by atoms with Crippen molar-refractivity contribution < 1.29 is 14.6 Å². The number of likely N-dealkylation sites (tertiary alicyclic amines) is 2. The van der Waals surface area contributed by atoms with E-state index < -0.39 is 0 Å². The molecule has 1 N–H and O–H groups in total. The predicted molar refractivity (Wildman–Crippen MR) is 110 cm³/mol. The van der Waals surface area contributed by atoms with Crippen LogP contribution in [-0.2, 0) is 4.74 Å². The molecule has 3 aliphatic rings. The third-order valence-electron chi connectivity index (χ3n) is 6.67. The van der Waals surface area contributed by atoms with E-state index in [1.807, 2.05) is 23.3 Å². The van der Waals surface area contributed by atoms with Crippen molar-refractivity contribution in [2.45, 2.75) is 49.3 Å². The molecule has 3 fully saturated rings. The highest BCUT2D eigenvalue weighted by atomic mass is 32.2. The van der Waals surface area contributed by atoms with Gasteiger partial charge in [-0.1, -0.05) is 0 Å². The van der Waals surface area contributed by atoms with Crippen LogP contribution in [0.25, 0.3) is 0 Å². The first-order valence-electron chi connectivity index (χ1n) is 10.4. The van der Waals surface area contributed by atoms with Gasteiger partial charge in [0.05, 0.1) is 11.7 Å².